The number of carbonyl (C=O) groups is 1. The van der Waals surface area contributed by atoms with Crippen molar-refractivity contribution < 1.29 is 9.53 Å². The Labute approximate surface area is 140 Å². The van der Waals surface area contributed by atoms with Crippen LogP contribution in [0.4, 0.5) is 0 Å². The summed E-state index contributed by atoms with van der Waals surface area (Å²) in [5.74, 6) is -0.0661. The Bertz CT molecular complexity index is 495. The summed E-state index contributed by atoms with van der Waals surface area (Å²) in [5.41, 5.74) is 6.57. The number of rotatable bonds is 4. The van der Waals surface area contributed by atoms with Crippen LogP contribution in [-0.2, 0) is 9.53 Å². The molecule has 0 aliphatic carbocycles. The average Bonchev–Trinajstić information content (AvgIpc) is 2.92. The summed E-state index contributed by atoms with van der Waals surface area (Å²) < 4.78 is 5.14. The third kappa shape index (κ3) is 4.02. The summed E-state index contributed by atoms with van der Waals surface area (Å²) in [7, 11) is 1.50. The molecule has 1 aromatic rings. The van der Waals surface area contributed by atoms with Gasteiger partial charge in [-0.1, -0.05) is 29.3 Å². The summed E-state index contributed by atoms with van der Waals surface area (Å²) in [6.45, 7) is 0.892. The highest BCUT2D eigenvalue weighted by Crippen LogP contribution is 2.35. The van der Waals surface area contributed by atoms with Crippen molar-refractivity contribution in [2.24, 2.45) is 5.73 Å². The van der Waals surface area contributed by atoms with Crippen LogP contribution >= 0.6 is 35.6 Å². The molecule has 2 unspecified atom stereocenters. The number of hydrogen-bond donors (Lipinski definition) is 1. The summed E-state index contributed by atoms with van der Waals surface area (Å²) >= 11 is 12.0. The lowest BCUT2D eigenvalue weighted by atomic mass is 10.0. The van der Waals surface area contributed by atoms with Gasteiger partial charge in [0.1, 0.15) is 6.10 Å². The molecular weight excluding hydrogens is 335 g/mol. The van der Waals surface area contributed by atoms with Gasteiger partial charge < -0.3 is 15.4 Å². The van der Waals surface area contributed by atoms with Crippen molar-refractivity contribution in [1.82, 2.24) is 4.90 Å². The Morgan fingerprint density at radius 1 is 1.48 bits per heavy atom. The number of nitrogens with two attached hydrogens (primary N) is 1. The molecule has 0 spiro atoms. The number of likely N-dealkylation sites (tertiary alicyclic amines) is 1. The first-order chi connectivity index (χ1) is 9.58. The van der Waals surface area contributed by atoms with Gasteiger partial charge in [-0.05, 0) is 30.5 Å². The second-order valence-corrected chi connectivity index (χ2v) is 5.64. The number of methoxy groups -OCH3 is 1. The SMILES string of the molecule is COC(CN)C(=O)N1CCCC1c1ccc(Cl)c(Cl)c1.Cl. The van der Waals surface area contributed by atoms with Crippen LogP contribution in [0.25, 0.3) is 0 Å². The number of amides is 1. The van der Waals surface area contributed by atoms with Crippen LogP contribution in [-0.4, -0.2) is 37.1 Å². The van der Waals surface area contributed by atoms with Gasteiger partial charge in [0.15, 0.2) is 0 Å². The molecule has 0 aromatic heterocycles. The summed E-state index contributed by atoms with van der Waals surface area (Å²) in [5, 5.41) is 1.02. The maximum Gasteiger partial charge on any atom is 0.253 e. The van der Waals surface area contributed by atoms with Crippen molar-refractivity contribution in [1.29, 1.82) is 0 Å². The zero-order chi connectivity index (χ0) is 14.7. The highest BCUT2D eigenvalue weighted by molar-refractivity contribution is 6.42. The molecule has 1 aromatic carbocycles. The maximum atomic E-state index is 12.4. The first-order valence-corrected chi connectivity index (χ1v) is 7.32. The number of benzene rings is 1. The Hall–Kier alpha value is -0.520. The van der Waals surface area contributed by atoms with Gasteiger partial charge >= 0.3 is 0 Å². The predicted octanol–water partition coefficient (Wildman–Crippen LogP) is 3.05. The van der Waals surface area contributed by atoms with Gasteiger partial charge in [0, 0.05) is 20.2 Å². The minimum Gasteiger partial charge on any atom is -0.370 e. The number of halogens is 3. The number of hydrogen-bond acceptors (Lipinski definition) is 3. The fourth-order valence-electron chi connectivity index (χ4n) is 2.58. The third-order valence-corrected chi connectivity index (χ3v) is 4.38. The van der Waals surface area contributed by atoms with Gasteiger partial charge in [-0.2, -0.15) is 0 Å². The average molecular weight is 354 g/mol. The van der Waals surface area contributed by atoms with Crippen LogP contribution < -0.4 is 5.73 Å². The molecular formula is C14H19Cl3N2O2. The molecule has 4 nitrogen and oxygen atoms in total. The smallest absolute Gasteiger partial charge is 0.253 e. The lowest BCUT2D eigenvalue weighted by molar-refractivity contribution is -0.142. The maximum absolute atomic E-state index is 12.4. The molecule has 2 atom stereocenters. The van der Waals surface area contributed by atoms with Crippen LogP contribution in [0.2, 0.25) is 10.0 Å². The van der Waals surface area contributed by atoms with E-state index in [1.807, 2.05) is 17.0 Å². The summed E-state index contributed by atoms with van der Waals surface area (Å²) in [6.07, 6.45) is 1.28. The van der Waals surface area contributed by atoms with E-state index in [4.69, 9.17) is 33.7 Å². The third-order valence-electron chi connectivity index (χ3n) is 3.64. The van der Waals surface area contributed by atoms with E-state index in [0.29, 0.717) is 16.6 Å². The molecule has 0 radical (unpaired) electrons. The predicted molar refractivity (Wildman–Crippen MR) is 87.2 cm³/mol. The van der Waals surface area contributed by atoms with Gasteiger partial charge in [-0.25, -0.2) is 0 Å². The van der Waals surface area contributed by atoms with Gasteiger partial charge in [0.25, 0.3) is 5.91 Å². The van der Waals surface area contributed by atoms with Crippen molar-refractivity contribution in [3.05, 3.63) is 33.8 Å². The van der Waals surface area contributed by atoms with Gasteiger partial charge in [0.2, 0.25) is 0 Å². The Morgan fingerprint density at radius 2 is 2.19 bits per heavy atom. The molecule has 1 fully saturated rings. The van der Waals surface area contributed by atoms with Crippen molar-refractivity contribution in [3.8, 4) is 0 Å². The largest absolute Gasteiger partial charge is 0.370 e. The Morgan fingerprint density at radius 3 is 2.76 bits per heavy atom. The molecule has 7 heteroatoms. The first-order valence-electron chi connectivity index (χ1n) is 6.56. The summed E-state index contributed by atoms with van der Waals surface area (Å²) in [6, 6.07) is 5.51. The Kier molecular flexibility index (Phi) is 7.24. The fraction of sp³-hybridized carbons (Fsp3) is 0.500. The minimum atomic E-state index is -0.585. The van der Waals surface area contributed by atoms with E-state index in [-0.39, 0.29) is 30.9 Å². The molecule has 118 valence electrons. The van der Waals surface area contributed by atoms with E-state index in [9.17, 15) is 4.79 Å². The molecule has 1 saturated heterocycles. The highest BCUT2D eigenvalue weighted by atomic mass is 35.5. The van der Waals surface area contributed by atoms with Crippen LogP contribution in [0.5, 0.6) is 0 Å². The van der Waals surface area contributed by atoms with E-state index >= 15 is 0 Å². The van der Waals surface area contributed by atoms with E-state index in [0.717, 1.165) is 18.4 Å². The van der Waals surface area contributed by atoms with Gasteiger partial charge in [-0.15, -0.1) is 12.4 Å². The standard InChI is InChI=1S/C14H18Cl2N2O2.ClH/c1-20-13(8-17)14(19)18-6-2-3-12(18)9-4-5-10(15)11(16)7-9;/h4-5,7,12-13H,2-3,6,8,17H2,1H3;1H. The van der Waals surface area contributed by atoms with E-state index in [1.165, 1.54) is 7.11 Å². The topological polar surface area (TPSA) is 55.6 Å². The van der Waals surface area contributed by atoms with Crippen LogP contribution in [0, 0.1) is 0 Å². The molecule has 1 aliphatic rings. The number of carbonyl (C=O) groups excluding carboxylic acids is 1. The van der Waals surface area contributed by atoms with Crippen molar-refractivity contribution in [2.45, 2.75) is 25.0 Å². The van der Waals surface area contributed by atoms with Crippen LogP contribution in [0.15, 0.2) is 18.2 Å². The normalized spacial score (nSPS) is 19.2. The molecule has 21 heavy (non-hydrogen) atoms. The van der Waals surface area contributed by atoms with Crippen molar-refractivity contribution >= 4 is 41.5 Å². The molecule has 1 heterocycles. The zero-order valence-electron chi connectivity index (χ0n) is 11.7. The van der Waals surface area contributed by atoms with Crippen molar-refractivity contribution in [2.75, 3.05) is 20.2 Å². The lowest BCUT2D eigenvalue weighted by Gasteiger charge is -2.28. The molecule has 0 bridgehead atoms. The fourth-order valence-corrected chi connectivity index (χ4v) is 2.89. The van der Waals surface area contributed by atoms with Gasteiger partial charge in [-0.3, -0.25) is 4.79 Å². The van der Waals surface area contributed by atoms with E-state index in [1.54, 1.807) is 6.07 Å². The zero-order valence-corrected chi connectivity index (χ0v) is 14.0. The molecule has 1 amide bonds. The summed E-state index contributed by atoms with van der Waals surface area (Å²) in [4.78, 5) is 14.2. The molecule has 2 rings (SSSR count). The monoisotopic (exact) mass is 352 g/mol. The minimum absolute atomic E-state index is 0. The van der Waals surface area contributed by atoms with Gasteiger partial charge in [0.05, 0.1) is 16.1 Å². The van der Waals surface area contributed by atoms with E-state index in [2.05, 4.69) is 0 Å². The Balaban J connectivity index is 0.00000220. The van der Waals surface area contributed by atoms with Crippen LogP contribution in [0.1, 0.15) is 24.4 Å². The second kappa shape index (κ2) is 8.20. The molecule has 0 saturated carbocycles. The number of ether oxygens (including phenoxy) is 1. The quantitative estimate of drug-likeness (QED) is 0.905. The second-order valence-electron chi connectivity index (χ2n) is 4.82. The van der Waals surface area contributed by atoms with Crippen LogP contribution in [0.3, 0.4) is 0 Å². The molecule has 1 aliphatic heterocycles. The molecule has 2 N–H and O–H groups in total. The first kappa shape index (κ1) is 18.5. The highest BCUT2D eigenvalue weighted by Gasteiger charge is 2.33. The lowest BCUT2D eigenvalue weighted by Crippen LogP contribution is -2.43. The van der Waals surface area contributed by atoms with Crippen molar-refractivity contribution in [3.63, 3.8) is 0 Å². The van der Waals surface area contributed by atoms with E-state index < -0.39 is 6.10 Å². The number of nitrogens with zero attached hydrogens (tertiary/aromatic N) is 1.